The molecule has 19 heavy (non-hydrogen) atoms. The van der Waals surface area contributed by atoms with Gasteiger partial charge in [-0.3, -0.25) is 4.79 Å². The molecule has 0 radical (unpaired) electrons. The summed E-state index contributed by atoms with van der Waals surface area (Å²) in [7, 11) is 0. The molecule has 0 fully saturated rings. The summed E-state index contributed by atoms with van der Waals surface area (Å²) in [5, 5.41) is 10.4. The molecule has 1 atom stereocenters. The van der Waals surface area contributed by atoms with E-state index in [0.29, 0.717) is 6.42 Å². The molecule has 2 heteroatoms. The Morgan fingerprint density at radius 1 is 1.11 bits per heavy atom. The number of hydrogen-bond acceptors (Lipinski definition) is 2. The molecule has 2 nitrogen and oxygen atoms in total. The molecule has 0 amide bonds. The van der Waals surface area contributed by atoms with Gasteiger partial charge in [0, 0.05) is 6.42 Å². The maximum Gasteiger partial charge on any atom is 0.166 e. The number of carbonyl (C=O) groups excluding carboxylic acids is 1. The fourth-order valence-electron chi connectivity index (χ4n) is 2.49. The topological polar surface area (TPSA) is 37.3 Å². The second-order valence-electron chi connectivity index (χ2n) is 6.11. The Balaban J connectivity index is 2.32. The SMILES string of the molecule is CC(C)(C)C1C(=O)C=CC(Cc2ccccc2)=C1O. The second kappa shape index (κ2) is 5.04. The number of benzene rings is 1. The summed E-state index contributed by atoms with van der Waals surface area (Å²) in [6.45, 7) is 5.93. The highest BCUT2D eigenvalue weighted by molar-refractivity contribution is 5.96. The normalized spacial score (nSPS) is 19.9. The van der Waals surface area contributed by atoms with Gasteiger partial charge in [0.2, 0.25) is 0 Å². The average molecular weight is 256 g/mol. The van der Waals surface area contributed by atoms with Gasteiger partial charge in [0.25, 0.3) is 0 Å². The van der Waals surface area contributed by atoms with Crippen LogP contribution in [0, 0.1) is 11.3 Å². The van der Waals surface area contributed by atoms with E-state index in [0.717, 1.165) is 11.1 Å². The highest BCUT2D eigenvalue weighted by Crippen LogP contribution is 2.36. The number of aliphatic hydroxyl groups is 1. The van der Waals surface area contributed by atoms with Crippen molar-refractivity contribution in [3.05, 3.63) is 59.4 Å². The van der Waals surface area contributed by atoms with E-state index in [-0.39, 0.29) is 17.0 Å². The molecule has 1 aliphatic rings. The number of rotatable bonds is 2. The van der Waals surface area contributed by atoms with Crippen molar-refractivity contribution < 1.29 is 9.90 Å². The van der Waals surface area contributed by atoms with Gasteiger partial charge in [0.1, 0.15) is 5.76 Å². The molecule has 1 N–H and O–H groups in total. The summed E-state index contributed by atoms with van der Waals surface area (Å²) in [5.41, 5.74) is 1.70. The Labute approximate surface area is 114 Å². The zero-order chi connectivity index (χ0) is 14.0. The van der Waals surface area contributed by atoms with Gasteiger partial charge in [-0.15, -0.1) is 0 Å². The molecule has 0 aromatic heterocycles. The Morgan fingerprint density at radius 3 is 2.32 bits per heavy atom. The summed E-state index contributed by atoms with van der Waals surface area (Å²) in [6.07, 6.45) is 3.99. The summed E-state index contributed by atoms with van der Waals surface area (Å²) in [5.74, 6) is -0.220. The lowest BCUT2D eigenvalue weighted by Gasteiger charge is -2.31. The Morgan fingerprint density at radius 2 is 1.74 bits per heavy atom. The van der Waals surface area contributed by atoms with Crippen LogP contribution in [0.1, 0.15) is 26.3 Å². The van der Waals surface area contributed by atoms with Crippen molar-refractivity contribution in [3.63, 3.8) is 0 Å². The molecule has 1 aromatic rings. The van der Waals surface area contributed by atoms with Crippen molar-refractivity contribution in [3.8, 4) is 0 Å². The van der Waals surface area contributed by atoms with Gasteiger partial charge in [-0.25, -0.2) is 0 Å². The van der Waals surface area contributed by atoms with Crippen LogP contribution in [0.2, 0.25) is 0 Å². The zero-order valence-corrected chi connectivity index (χ0v) is 11.7. The van der Waals surface area contributed by atoms with Gasteiger partial charge in [-0.2, -0.15) is 0 Å². The molecule has 0 heterocycles. The zero-order valence-electron chi connectivity index (χ0n) is 11.7. The van der Waals surface area contributed by atoms with Gasteiger partial charge in [0.15, 0.2) is 5.78 Å². The van der Waals surface area contributed by atoms with Crippen LogP contribution in [-0.4, -0.2) is 10.9 Å². The first-order chi connectivity index (χ1) is 8.89. The lowest BCUT2D eigenvalue weighted by Crippen LogP contribution is -2.32. The average Bonchev–Trinajstić information content (AvgIpc) is 2.32. The van der Waals surface area contributed by atoms with Crippen molar-refractivity contribution in [2.24, 2.45) is 11.3 Å². The largest absolute Gasteiger partial charge is 0.511 e. The minimum absolute atomic E-state index is 0.0122. The van der Waals surface area contributed by atoms with E-state index in [2.05, 4.69) is 0 Å². The third-order valence-corrected chi connectivity index (χ3v) is 3.44. The van der Waals surface area contributed by atoms with Crippen LogP contribution in [0.3, 0.4) is 0 Å². The van der Waals surface area contributed by atoms with Crippen LogP contribution >= 0.6 is 0 Å². The minimum Gasteiger partial charge on any atom is -0.511 e. The van der Waals surface area contributed by atoms with Crippen LogP contribution in [0.15, 0.2) is 53.8 Å². The monoisotopic (exact) mass is 256 g/mol. The predicted molar refractivity (Wildman–Crippen MR) is 76.9 cm³/mol. The lowest BCUT2D eigenvalue weighted by atomic mass is 9.73. The van der Waals surface area contributed by atoms with E-state index in [1.807, 2.05) is 51.1 Å². The molecule has 100 valence electrons. The first-order valence-electron chi connectivity index (χ1n) is 6.57. The summed E-state index contributed by atoms with van der Waals surface area (Å²) < 4.78 is 0. The lowest BCUT2D eigenvalue weighted by molar-refractivity contribution is -0.121. The van der Waals surface area contributed by atoms with E-state index >= 15 is 0 Å². The summed E-state index contributed by atoms with van der Waals surface area (Å²) >= 11 is 0. The molecular formula is C17H20O2. The Hall–Kier alpha value is -1.83. The smallest absolute Gasteiger partial charge is 0.166 e. The molecule has 0 saturated heterocycles. The van der Waals surface area contributed by atoms with E-state index in [9.17, 15) is 9.90 Å². The summed E-state index contributed by atoms with van der Waals surface area (Å²) in [4.78, 5) is 12.0. The third-order valence-electron chi connectivity index (χ3n) is 3.44. The van der Waals surface area contributed by atoms with Crippen molar-refractivity contribution in [2.45, 2.75) is 27.2 Å². The van der Waals surface area contributed by atoms with Crippen LogP contribution in [0.4, 0.5) is 0 Å². The molecule has 0 aliphatic heterocycles. The molecule has 1 aromatic carbocycles. The maximum absolute atomic E-state index is 12.0. The van der Waals surface area contributed by atoms with Crippen LogP contribution in [-0.2, 0) is 11.2 Å². The quantitative estimate of drug-likeness (QED) is 0.872. The van der Waals surface area contributed by atoms with Crippen molar-refractivity contribution in [2.75, 3.05) is 0 Å². The van der Waals surface area contributed by atoms with Gasteiger partial charge < -0.3 is 5.11 Å². The standard InChI is InChI=1S/C17H20O2/c1-17(2,3)15-14(18)10-9-13(16(15)19)11-12-7-5-4-6-8-12/h4-10,15,19H,11H2,1-3H3. The second-order valence-corrected chi connectivity index (χ2v) is 6.11. The third kappa shape index (κ3) is 2.95. The van der Waals surface area contributed by atoms with Gasteiger partial charge in [0.05, 0.1) is 5.92 Å². The molecule has 0 spiro atoms. The Bertz CT molecular complexity index is 530. The molecule has 0 saturated carbocycles. The highest BCUT2D eigenvalue weighted by Gasteiger charge is 2.36. The van der Waals surface area contributed by atoms with Gasteiger partial charge in [-0.1, -0.05) is 57.2 Å². The summed E-state index contributed by atoms with van der Waals surface area (Å²) in [6, 6.07) is 9.97. The van der Waals surface area contributed by atoms with Crippen molar-refractivity contribution in [1.82, 2.24) is 0 Å². The first kappa shape index (κ1) is 13.6. The van der Waals surface area contributed by atoms with E-state index in [1.54, 1.807) is 12.2 Å². The maximum atomic E-state index is 12.0. The molecule has 1 aliphatic carbocycles. The highest BCUT2D eigenvalue weighted by atomic mass is 16.3. The van der Waals surface area contributed by atoms with Crippen LogP contribution < -0.4 is 0 Å². The Kier molecular flexibility index (Phi) is 3.61. The fraction of sp³-hybridized carbons (Fsp3) is 0.353. The molecule has 2 rings (SSSR count). The molecule has 1 unspecified atom stereocenters. The molecular weight excluding hydrogens is 236 g/mol. The van der Waals surface area contributed by atoms with Crippen molar-refractivity contribution >= 4 is 5.78 Å². The van der Waals surface area contributed by atoms with E-state index in [1.165, 1.54) is 0 Å². The first-order valence-corrected chi connectivity index (χ1v) is 6.57. The van der Waals surface area contributed by atoms with Crippen LogP contribution in [0.5, 0.6) is 0 Å². The minimum atomic E-state index is -0.434. The molecule has 0 bridgehead atoms. The fourth-order valence-corrected chi connectivity index (χ4v) is 2.49. The van der Waals surface area contributed by atoms with Gasteiger partial charge >= 0.3 is 0 Å². The van der Waals surface area contributed by atoms with Gasteiger partial charge in [-0.05, 0) is 22.6 Å². The number of aliphatic hydroxyl groups excluding tert-OH is 1. The van der Waals surface area contributed by atoms with E-state index < -0.39 is 5.92 Å². The number of carbonyl (C=O) groups is 1. The number of ketones is 1. The number of allylic oxidation sites excluding steroid dienone is 4. The predicted octanol–water partition coefficient (Wildman–Crippen LogP) is 3.84. The van der Waals surface area contributed by atoms with Crippen molar-refractivity contribution in [1.29, 1.82) is 0 Å². The van der Waals surface area contributed by atoms with Crippen LogP contribution in [0.25, 0.3) is 0 Å². The van der Waals surface area contributed by atoms with E-state index in [4.69, 9.17) is 0 Å². The number of hydrogen-bond donors (Lipinski definition) is 1.